The van der Waals surface area contributed by atoms with E-state index in [0.717, 1.165) is 6.54 Å². The number of Topliss-reactive ketones (excluding diaryl/α,β-unsaturated/α-hetero) is 1. The summed E-state index contributed by atoms with van der Waals surface area (Å²) >= 11 is 11.7. The van der Waals surface area contributed by atoms with Crippen LogP contribution in [-0.4, -0.2) is 18.9 Å². The molecule has 0 aliphatic carbocycles. The Balaban J connectivity index is 2.84. The minimum absolute atomic E-state index is 0.0423. The molecule has 1 rings (SSSR count). The fourth-order valence-electron chi connectivity index (χ4n) is 1.05. The smallest absolute Gasteiger partial charge is 0.178 e. The van der Waals surface area contributed by atoms with Crippen LogP contribution >= 0.6 is 23.2 Å². The van der Waals surface area contributed by atoms with Crippen molar-refractivity contribution in [2.24, 2.45) is 0 Å². The summed E-state index contributed by atoms with van der Waals surface area (Å²) in [6.45, 7) is 2.98. The van der Waals surface area contributed by atoms with Gasteiger partial charge < -0.3 is 5.32 Å². The second-order valence-corrected chi connectivity index (χ2v) is 3.59. The number of carbonyl (C=O) groups excluding carboxylic acids is 1. The van der Waals surface area contributed by atoms with Gasteiger partial charge in [-0.1, -0.05) is 36.2 Å². The van der Waals surface area contributed by atoms with Gasteiger partial charge in [-0.15, -0.1) is 0 Å². The molecule has 0 unspecified atom stereocenters. The molecule has 14 heavy (non-hydrogen) atoms. The molecular formula is C10H11Cl2NO. The first kappa shape index (κ1) is 11.5. The number of likely N-dealkylation sites (N-methyl/N-ethyl adjacent to an activating group) is 1. The number of benzene rings is 1. The van der Waals surface area contributed by atoms with Crippen LogP contribution in [0.2, 0.25) is 10.0 Å². The third kappa shape index (κ3) is 2.71. The molecule has 1 aromatic carbocycles. The zero-order valence-corrected chi connectivity index (χ0v) is 9.32. The van der Waals surface area contributed by atoms with Crippen LogP contribution in [-0.2, 0) is 0 Å². The molecular weight excluding hydrogens is 221 g/mol. The lowest BCUT2D eigenvalue weighted by Gasteiger charge is -2.04. The minimum Gasteiger partial charge on any atom is -0.310 e. The zero-order chi connectivity index (χ0) is 10.6. The van der Waals surface area contributed by atoms with Gasteiger partial charge in [-0.05, 0) is 18.7 Å². The Kier molecular flexibility index (Phi) is 4.39. The number of hydrogen-bond acceptors (Lipinski definition) is 2. The number of nitrogens with one attached hydrogen (secondary N) is 1. The van der Waals surface area contributed by atoms with Gasteiger partial charge in [0.15, 0.2) is 5.78 Å². The van der Waals surface area contributed by atoms with E-state index in [0.29, 0.717) is 15.6 Å². The predicted molar refractivity (Wildman–Crippen MR) is 59.3 cm³/mol. The molecule has 0 radical (unpaired) electrons. The topological polar surface area (TPSA) is 29.1 Å². The molecule has 0 saturated heterocycles. The Labute approximate surface area is 93.2 Å². The molecule has 4 heteroatoms. The summed E-state index contributed by atoms with van der Waals surface area (Å²) in [5.41, 5.74) is 0.472. The molecule has 0 amide bonds. The largest absolute Gasteiger partial charge is 0.310 e. The Hall–Kier alpha value is -0.570. The van der Waals surface area contributed by atoms with Crippen molar-refractivity contribution in [1.82, 2.24) is 5.32 Å². The molecule has 0 aliphatic rings. The average Bonchev–Trinajstić information content (AvgIpc) is 2.18. The highest BCUT2D eigenvalue weighted by atomic mass is 35.5. The zero-order valence-electron chi connectivity index (χ0n) is 7.81. The van der Waals surface area contributed by atoms with Gasteiger partial charge in [0.05, 0.1) is 16.6 Å². The quantitative estimate of drug-likeness (QED) is 0.808. The van der Waals surface area contributed by atoms with Crippen molar-refractivity contribution >= 4 is 29.0 Å². The first-order valence-electron chi connectivity index (χ1n) is 4.34. The Morgan fingerprint density at radius 1 is 1.43 bits per heavy atom. The molecule has 0 fully saturated rings. The van der Waals surface area contributed by atoms with Gasteiger partial charge in [-0.25, -0.2) is 0 Å². The van der Waals surface area contributed by atoms with Crippen LogP contribution in [0.1, 0.15) is 17.3 Å². The first-order chi connectivity index (χ1) is 6.66. The molecule has 0 aliphatic heterocycles. The summed E-state index contributed by atoms with van der Waals surface area (Å²) in [5.74, 6) is -0.0423. The molecule has 1 aromatic rings. The second kappa shape index (κ2) is 5.35. The number of hydrogen-bond donors (Lipinski definition) is 1. The lowest BCUT2D eigenvalue weighted by atomic mass is 10.1. The summed E-state index contributed by atoms with van der Waals surface area (Å²) in [7, 11) is 0. The predicted octanol–water partition coefficient (Wildman–Crippen LogP) is 2.79. The highest BCUT2D eigenvalue weighted by Gasteiger charge is 2.11. The maximum absolute atomic E-state index is 11.6. The van der Waals surface area contributed by atoms with Crippen LogP contribution in [0.4, 0.5) is 0 Å². The van der Waals surface area contributed by atoms with E-state index in [1.807, 2.05) is 6.92 Å². The van der Waals surface area contributed by atoms with E-state index in [9.17, 15) is 4.79 Å². The van der Waals surface area contributed by atoms with Crippen molar-refractivity contribution in [2.75, 3.05) is 13.1 Å². The molecule has 0 bridgehead atoms. The third-order valence-corrected chi connectivity index (χ3v) is 2.61. The summed E-state index contributed by atoms with van der Waals surface area (Å²) in [4.78, 5) is 11.6. The number of ketones is 1. The Morgan fingerprint density at radius 3 is 2.79 bits per heavy atom. The lowest BCUT2D eigenvalue weighted by Crippen LogP contribution is -2.22. The Bertz CT molecular complexity index is 339. The molecule has 0 spiro atoms. The SMILES string of the molecule is CCNCC(=O)c1cccc(Cl)c1Cl. The number of halogens is 2. The van der Waals surface area contributed by atoms with Crippen LogP contribution in [0.15, 0.2) is 18.2 Å². The number of rotatable bonds is 4. The summed E-state index contributed by atoms with van der Waals surface area (Å²) in [6, 6.07) is 5.05. The van der Waals surface area contributed by atoms with E-state index in [1.165, 1.54) is 0 Å². The second-order valence-electron chi connectivity index (χ2n) is 2.80. The molecule has 76 valence electrons. The van der Waals surface area contributed by atoms with Gasteiger partial charge in [0.1, 0.15) is 0 Å². The molecule has 2 nitrogen and oxygen atoms in total. The normalized spacial score (nSPS) is 10.2. The molecule has 0 heterocycles. The standard InChI is InChI=1S/C10H11Cl2NO/c1-2-13-6-9(14)7-4-3-5-8(11)10(7)12/h3-5,13H,2,6H2,1H3. The third-order valence-electron chi connectivity index (χ3n) is 1.79. The van der Waals surface area contributed by atoms with E-state index in [1.54, 1.807) is 18.2 Å². The highest BCUT2D eigenvalue weighted by Crippen LogP contribution is 2.25. The van der Waals surface area contributed by atoms with E-state index < -0.39 is 0 Å². The lowest BCUT2D eigenvalue weighted by molar-refractivity contribution is 0.0992. The van der Waals surface area contributed by atoms with Gasteiger partial charge in [0, 0.05) is 5.56 Å². The van der Waals surface area contributed by atoms with Crippen LogP contribution < -0.4 is 5.32 Å². The van der Waals surface area contributed by atoms with Crippen molar-refractivity contribution in [3.63, 3.8) is 0 Å². The molecule has 0 atom stereocenters. The fraction of sp³-hybridized carbons (Fsp3) is 0.300. The van der Waals surface area contributed by atoms with E-state index in [4.69, 9.17) is 23.2 Å². The number of carbonyl (C=O) groups is 1. The summed E-state index contributed by atoms with van der Waals surface area (Å²) < 4.78 is 0. The van der Waals surface area contributed by atoms with Gasteiger partial charge in [-0.2, -0.15) is 0 Å². The Morgan fingerprint density at radius 2 is 2.14 bits per heavy atom. The van der Waals surface area contributed by atoms with Crippen LogP contribution in [0, 0.1) is 0 Å². The van der Waals surface area contributed by atoms with Gasteiger partial charge >= 0.3 is 0 Å². The van der Waals surface area contributed by atoms with Crippen LogP contribution in [0.25, 0.3) is 0 Å². The van der Waals surface area contributed by atoms with Crippen LogP contribution in [0.5, 0.6) is 0 Å². The average molecular weight is 232 g/mol. The van der Waals surface area contributed by atoms with Crippen molar-refractivity contribution in [3.05, 3.63) is 33.8 Å². The van der Waals surface area contributed by atoms with Crippen molar-refractivity contribution in [2.45, 2.75) is 6.92 Å². The first-order valence-corrected chi connectivity index (χ1v) is 5.10. The van der Waals surface area contributed by atoms with E-state index >= 15 is 0 Å². The maximum atomic E-state index is 11.6. The summed E-state index contributed by atoms with van der Waals surface area (Å²) in [6.07, 6.45) is 0. The minimum atomic E-state index is -0.0423. The maximum Gasteiger partial charge on any atom is 0.178 e. The van der Waals surface area contributed by atoms with E-state index in [-0.39, 0.29) is 12.3 Å². The van der Waals surface area contributed by atoms with Gasteiger partial charge in [-0.3, -0.25) is 4.79 Å². The van der Waals surface area contributed by atoms with Crippen molar-refractivity contribution in [3.8, 4) is 0 Å². The van der Waals surface area contributed by atoms with Crippen molar-refractivity contribution < 1.29 is 4.79 Å². The molecule has 0 aromatic heterocycles. The monoisotopic (exact) mass is 231 g/mol. The van der Waals surface area contributed by atoms with Crippen LogP contribution in [0.3, 0.4) is 0 Å². The fourth-order valence-corrected chi connectivity index (χ4v) is 1.46. The van der Waals surface area contributed by atoms with Crippen molar-refractivity contribution in [1.29, 1.82) is 0 Å². The highest BCUT2D eigenvalue weighted by molar-refractivity contribution is 6.43. The van der Waals surface area contributed by atoms with Gasteiger partial charge in [0.25, 0.3) is 0 Å². The molecule has 1 N–H and O–H groups in total. The van der Waals surface area contributed by atoms with Gasteiger partial charge in [0.2, 0.25) is 0 Å². The van der Waals surface area contributed by atoms with E-state index in [2.05, 4.69) is 5.32 Å². The molecule has 0 saturated carbocycles. The summed E-state index contributed by atoms with van der Waals surface area (Å²) in [5, 5.41) is 3.68.